The van der Waals surface area contributed by atoms with Crippen molar-refractivity contribution >= 4 is 11.7 Å². The molecule has 0 aliphatic heterocycles. The molecule has 1 amide bonds. The highest BCUT2D eigenvalue weighted by atomic mass is 16.3. The number of hydrogen-bond acceptors (Lipinski definition) is 4. The smallest absolute Gasteiger partial charge is 0.222 e. The van der Waals surface area contributed by atoms with Crippen LogP contribution in [0, 0.1) is 23.7 Å². The molecule has 0 aromatic carbocycles. The Bertz CT molecular complexity index is 608. The molecule has 0 radical (unpaired) electrons. The number of ketones is 1. The Labute approximate surface area is 175 Å². The van der Waals surface area contributed by atoms with E-state index in [-0.39, 0.29) is 29.9 Å². The molecule has 0 saturated heterocycles. The second kappa shape index (κ2) is 10.2. The predicted molar refractivity (Wildman–Crippen MR) is 113 cm³/mol. The summed E-state index contributed by atoms with van der Waals surface area (Å²) < 4.78 is 0. The summed E-state index contributed by atoms with van der Waals surface area (Å²) in [5, 5.41) is 21.3. The van der Waals surface area contributed by atoms with Gasteiger partial charge in [-0.1, -0.05) is 37.3 Å². The largest absolute Gasteiger partial charge is 0.393 e. The lowest BCUT2D eigenvalue weighted by Crippen LogP contribution is -2.34. The van der Waals surface area contributed by atoms with Crippen LogP contribution in [0.5, 0.6) is 0 Å². The Morgan fingerprint density at radius 1 is 1.21 bits per heavy atom. The zero-order chi connectivity index (χ0) is 21.0. The average molecular weight is 406 g/mol. The number of carbonyl (C=O) groups is 2. The summed E-state index contributed by atoms with van der Waals surface area (Å²) in [6.45, 7) is 0. The van der Waals surface area contributed by atoms with Gasteiger partial charge in [0.2, 0.25) is 5.91 Å². The van der Waals surface area contributed by atoms with E-state index in [0.717, 1.165) is 38.5 Å². The molecule has 3 aliphatic carbocycles. The van der Waals surface area contributed by atoms with Crippen molar-refractivity contribution in [3.8, 4) is 0 Å². The molecule has 5 atom stereocenters. The molecule has 5 heteroatoms. The van der Waals surface area contributed by atoms with Gasteiger partial charge >= 0.3 is 0 Å². The summed E-state index contributed by atoms with van der Waals surface area (Å²) in [6.07, 6.45) is 11.7. The number of aliphatic hydroxyl groups excluding tert-OH is 2. The molecule has 0 bridgehead atoms. The van der Waals surface area contributed by atoms with Gasteiger partial charge in [-0.25, -0.2) is 0 Å². The van der Waals surface area contributed by atoms with Crippen LogP contribution in [-0.4, -0.2) is 53.1 Å². The second-order valence-electron chi connectivity index (χ2n) is 9.90. The van der Waals surface area contributed by atoms with Crippen LogP contribution in [-0.2, 0) is 9.59 Å². The van der Waals surface area contributed by atoms with Crippen molar-refractivity contribution in [2.24, 2.45) is 23.7 Å². The fourth-order valence-corrected chi connectivity index (χ4v) is 5.90. The van der Waals surface area contributed by atoms with E-state index in [9.17, 15) is 19.8 Å². The molecule has 164 valence electrons. The number of Topliss-reactive ketones (excluding diaryl/α,β-unsaturated/α-hetero) is 1. The molecule has 2 fully saturated rings. The highest BCUT2D eigenvalue weighted by molar-refractivity contribution is 5.79. The molecule has 0 aromatic rings. The minimum absolute atomic E-state index is 0.164. The summed E-state index contributed by atoms with van der Waals surface area (Å²) in [5.74, 6) is 1.25. The van der Waals surface area contributed by atoms with Crippen molar-refractivity contribution in [3.05, 3.63) is 11.6 Å². The Hall–Kier alpha value is -1.20. The van der Waals surface area contributed by atoms with E-state index in [0.29, 0.717) is 31.1 Å². The van der Waals surface area contributed by atoms with E-state index >= 15 is 0 Å². The normalized spacial score (nSPS) is 30.3. The number of aliphatic hydroxyl groups is 2. The molecule has 3 rings (SSSR count). The SMILES string of the molecule is CN(C)C(=O)CCCCC1=C[C@H]2C[C@@H](O)[C@H]([C@H](O)CC(=O)CC3CCCC3)[C@H]2C1. The first-order valence-corrected chi connectivity index (χ1v) is 11.6. The summed E-state index contributed by atoms with van der Waals surface area (Å²) in [5.41, 5.74) is 1.40. The van der Waals surface area contributed by atoms with Gasteiger partial charge in [0.05, 0.1) is 12.2 Å². The molecule has 2 saturated carbocycles. The first kappa shape index (κ1) is 22.5. The highest BCUT2D eigenvalue weighted by Crippen LogP contribution is 2.49. The summed E-state index contributed by atoms with van der Waals surface area (Å²) in [6, 6.07) is 0. The maximum atomic E-state index is 12.4. The molecule has 0 aromatic heterocycles. The minimum Gasteiger partial charge on any atom is -0.393 e. The zero-order valence-corrected chi connectivity index (χ0v) is 18.2. The van der Waals surface area contributed by atoms with Crippen LogP contribution in [0.4, 0.5) is 0 Å². The van der Waals surface area contributed by atoms with Gasteiger partial charge in [-0.15, -0.1) is 0 Å². The van der Waals surface area contributed by atoms with Crippen molar-refractivity contribution in [1.29, 1.82) is 0 Å². The molecule has 2 N–H and O–H groups in total. The second-order valence-corrected chi connectivity index (χ2v) is 9.90. The summed E-state index contributed by atoms with van der Waals surface area (Å²) in [4.78, 5) is 25.7. The molecule has 0 spiro atoms. The van der Waals surface area contributed by atoms with Crippen LogP contribution in [0.2, 0.25) is 0 Å². The number of nitrogens with zero attached hydrogens (tertiary/aromatic N) is 1. The molecule has 3 aliphatic rings. The number of unbranched alkanes of at least 4 members (excludes halogenated alkanes) is 1. The highest BCUT2D eigenvalue weighted by Gasteiger charge is 2.47. The van der Waals surface area contributed by atoms with Gasteiger partial charge in [0.15, 0.2) is 0 Å². The Morgan fingerprint density at radius 2 is 1.93 bits per heavy atom. The third-order valence-corrected chi connectivity index (χ3v) is 7.46. The van der Waals surface area contributed by atoms with Crippen molar-refractivity contribution in [3.63, 3.8) is 0 Å². The molecule has 0 heterocycles. The van der Waals surface area contributed by atoms with Crippen molar-refractivity contribution < 1.29 is 19.8 Å². The lowest BCUT2D eigenvalue weighted by molar-refractivity contribution is -0.128. The first-order valence-electron chi connectivity index (χ1n) is 11.6. The van der Waals surface area contributed by atoms with E-state index in [1.165, 1.54) is 18.4 Å². The number of hydrogen-bond donors (Lipinski definition) is 2. The van der Waals surface area contributed by atoms with Crippen molar-refractivity contribution in [2.45, 2.75) is 89.3 Å². The fourth-order valence-electron chi connectivity index (χ4n) is 5.90. The molecule has 5 nitrogen and oxygen atoms in total. The van der Waals surface area contributed by atoms with E-state index < -0.39 is 12.2 Å². The predicted octanol–water partition coefficient (Wildman–Crippen LogP) is 3.48. The van der Waals surface area contributed by atoms with Gasteiger partial charge in [-0.2, -0.15) is 0 Å². The van der Waals surface area contributed by atoms with Crippen molar-refractivity contribution in [2.75, 3.05) is 14.1 Å². The molecular formula is C24H39NO4. The van der Waals surface area contributed by atoms with Crippen LogP contribution in [0.25, 0.3) is 0 Å². The quantitative estimate of drug-likeness (QED) is 0.431. The average Bonchev–Trinajstić information content (AvgIpc) is 3.34. The van der Waals surface area contributed by atoms with Crippen LogP contribution >= 0.6 is 0 Å². The van der Waals surface area contributed by atoms with E-state index in [4.69, 9.17) is 0 Å². The number of amides is 1. The van der Waals surface area contributed by atoms with Gasteiger partial charge in [0.1, 0.15) is 5.78 Å². The third-order valence-electron chi connectivity index (χ3n) is 7.46. The number of carbonyl (C=O) groups excluding carboxylic acids is 2. The molecular weight excluding hydrogens is 366 g/mol. The lowest BCUT2D eigenvalue weighted by Gasteiger charge is -2.27. The molecule has 29 heavy (non-hydrogen) atoms. The maximum Gasteiger partial charge on any atom is 0.222 e. The topological polar surface area (TPSA) is 77.8 Å². The first-order chi connectivity index (χ1) is 13.8. The van der Waals surface area contributed by atoms with Gasteiger partial charge in [-0.05, 0) is 49.9 Å². The third kappa shape index (κ3) is 5.91. The van der Waals surface area contributed by atoms with Gasteiger partial charge in [-0.3, -0.25) is 9.59 Å². The van der Waals surface area contributed by atoms with Gasteiger partial charge in [0.25, 0.3) is 0 Å². The Balaban J connectivity index is 1.44. The Kier molecular flexibility index (Phi) is 7.92. The standard InChI is InChI=1S/C24H39NO4/c1-25(2)23(29)10-6-5-9-17-11-18-14-21(27)24(20(18)13-17)22(28)15-19(26)12-16-7-3-4-8-16/h11,16,18,20-22,24,27-28H,3-10,12-15H2,1-2H3/t18-,20-,21+,22+,24+/m0/s1. The van der Waals surface area contributed by atoms with Gasteiger partial charge < -0.3 is 15.1 Å². The van der Waals surface area contributed by atoms with Crippen LogP contribution in [0.3, 0.4) is 0 Å². The number of allylic oxidation sites excluding steroid dienone is 2. The van der Waals surface area contributed by atoms with Crippen LogP contribution in [0.15, 0.2) is 11.6 Å². The monoisotopic (exact) mass is 405 g/mol. The minimum atomic E-state index is -0.723. The van der Waals surface area contributed by atoms with Gasteiger partial charge in [0, 0.05) is 39.3 Å². The number of rotatable bonds is 10. The summed E-state index contributed by atoms with van der Waals surface area (Å²) in [7, 11) is 3.58. The zero-order valence-electron chi connectivity index (χ0n) is 18.2. The van der Waals surface area contributed by atoms with E-state index in [1.807, 2.05) is 0 Å². The maximum absolute atomic E-state index is 12.4. The van der Waals surface area contributed by atoms with E-state index in [1.54, 1.807) is 19.0 Å². The van der Waals surface area contributed by atoms with Crippen LogP contribution in [0.1, 0.15) is 77.0 Å². The Morgan fingerprint density at radius 3 is 2.62 bits per heavy atom. The molecule has 0 unspecified atom stereocenters. The van der Waals surface area contributed by atoms with Crippen molar-refractivity contribution in [1.82, 2.24) is 4.90 Å². The van der Waals surface area contributed by atoms with Crippen LogP contribution < -0.4 is 0 Å². The fraction of sp³-hybridized carbons (Fsp3) is 0.833. The lowest BCUT2D eigenvalue weighted by atomic mass is 9.82. The number of fused-ring (bicyclic) bond motifs is 1. The van der Waals surface area contributed by atoms with E-state index in [2.05, 4.69) is 6.08 Å². The summed E-state index contributed by atoms with van der Waals surface area (Å²) >= 11 is 0.